The number of hydrazone groups is 1. The zero-order valence-electron chi connectivity index (χ0n) is 12.7. The van der Waals surface area contributed by atoms with Gasteiger partial charge in [0, 0.05) is 18.8 Å². The topological polar surface area (TPSA) is 110 Å². The molecule has 8 heteroatoms. The number of carbonyl (C=O) groups is 1. The lowest BCUT2D eigenvalue weighted by Crippen LogP contribution is -2.22. The number of hydrogen-bond acceptors (Lipinski definition) is 6. The van der Waals surface area contributed by atoms with Crippen LogP contribution in [-0.2, 0) is 7.05 Å². The van der Waals surface area contributed by atoms with Crippen LogP contribution < -0.4 is 11.1 Å². The molecule has 1 amide bonds. The molecule has 22 heavy (non-hydrogen) atoms. The Balaban J connectivity index is 2.23. The van der Waals surface area contributed by atoms with Crippen molar-refractivity contribution in [3.8, 4) is 5.75 Å². The molecule has 0 atom stereocenters. The molecule has 0 aliphatic rings. The Labute approximate surface area is 126 Å². The number of aromatic hydroxyl groups is 1. The highest BCUT2D eigenvalue weighted by atomic mass is 16.4. The minimum Gasteiger partial charge on any atom is -0.507 e. The molecule has 0 aliphatic heterocycles. The third kappa shape index (κ3) is 3.05. The smallest absolute Gasteiger partial charge is 0.348 e. The van der Waals surface area contributed by atoms with E-state index in [1.165, 1.54) is 13.0 Å². The van der Waals surface area contributed by atoms with E-state index in [4.69, 9.17) is 4.42 Å². The molecule has 8 nitrogen and oxygen atoms in total. The highest BCUT2D eigenvalue weighted by Crippen LogP contribution is 2.15. The fraction of sp³-hybridized carbons (Fsp3) is 0.286. The van der Waals surface area contributed by atoms with E-state index in [1.807, 2.05) is 6.92 Å². The molecule has 0 unspecified atom stereocenters. The second-order valence-electron chi connectivity index (χ2n) is 4.84. The summed E-state index contributed by atoms with van der Waals surface area (Å²) in [5, 5.41) is 17.6. The fourth-order valence-electron chi connectivity index (χ4n) is 1.85. The molecule has 2 rings (SSSR count). The molecule has 0 aromatic carbocycles. The van der Waals surface area contributed by atoms with Gasteiger partial charge in [-0.05, 0) is 26.8 Å². The van der Waals surface area contributed by atoms with Crippen LogP contribution in [0.4, 0.5) is 0 Å². The van der Waals surface area contributed by atoms with E-state index in [9.17, 15) is 14.7 Å². The number of nitrogens with one attached hydrogen (secondary N) is 1. The number of amides is 1. The quantitative estimate of drug-likeness (QED) is 0.645. The monoisotopic (exact) mass is 304 g/mol. The predicted octanol–water partition coefficient (Wildman–Crippen LogP) is 0.850. The van der Waals surface area contributed by atoms with Crippen molar-refractivity contribution in [3.05, 3.63) is 45.3 Å². The summed E-state index contributed by atoms with van der Waals surface area (Å²) in [6, 6.07) is 2.91. The summed E-state index contributed by atoms with van der Waals surface area (Å²) in [5.41, 5.74) is 2.63. The van der Waals surface area contributed by atoms with Crippen LogP contribution in [0.25, 0.3) is 0 Å². The Hall–Kier alpha value is -2.90. The minimum atomic E-state index is -0.721. The van der Waals surface area contributed by atoms with Gasteiger partial charge in [-0.3, -0.25) is 9.48 Å². The van der Waals surface area contributed by atoms with E-state index in [-0.39, 0.29) is 28.5 Å². The highest BCUT2D eigenvalue weighted by Gasteiger charge is 2.14. The Morgan fingerprint density at radius 2 is 2.09 bits per heavy atom. The third-order valence-electron chi connectivity index (χ3n) is 3.09. The summed E-state index contributed by atoms with van der Waals surface area (Å²) in [5.74, 6) is -0.482. The van der Waals surface area contributed by atoms with Gasteiger partial charge in [-0.15, -0.1) is 0 Å². The molecule has 2 aromatic rings. The fourth-order valence-corrected chi connectivity index (χ4v) is 1.85. The standard InChI is InChI=1S/C14H16N4O4/c1-7-5-10(17-18(7)4)13(20)16-15-9(3)12-11(19)6-8(2)22-14(12)21/h5-6,19H,1-4H3,(H,16,20). The largest absolute Gasteiger partial charge is 0.507 e. The lowest BCUT2D eigenvalue weighted by Gasteiger charge is -2.03. The first-order chi connectivity index (χ1) is 10.3. The predicted molar refractivity (Wildman–Crippen MR) is 79.0 cm³/mol. The Morgan fingerprint density at radius 3 is 2.64 bits per heavy atom. The van der Waals surface area contributed by atoms with Crippen molar-refractivity contribution in [1.82, 2.24) is 15.2 Å². The maximum absolute atomic E-state index is 11.9. The van der Waals surface area contributed by atoms with Crippen LogP contribution in [0.15, 0.2) is 26.4 Å². The first-order valence-corrected chi connectivity index (χ1v) is 6.49. The zero-order valence-corrected chi connectivity index (χ0v) is 12.7. The van der Waals surface area contributed by atoms with Crippen molar-refractivity contribution in [2.24, 2.45) is 12.1 Å². The molecule has 0 saturated carbocycles. The summed E-state index contributed by atoms with van der Waals surface area (Å²) in [7, 11) is 1.72. The lowest BCUT2D eigenvalue weighted by molar-refractivity contribution is 0.0949. The zero-order chi connectivity index (χ0) is 16.4. The number of aryl methyl sites for hydroxylation is 3. The van der Waals surface area contributed by atoms with Crippen molar-refractivity contribution < 1.29 is 14.3 Å². The lowest BCUT2D eigenvalue weighted by atomic mass is 10.2. The number of carbonyl (C=O) groups excluding carboxylic acids is 1. The summed E-state index contributed by atoms with van der Waals surface area (Å²) in [4.78, 5) is 23.6. The maximum atomic E-state index is 11.9. The summed E-state index contributed by atoms with van der Waals surface area (Å²) in [6.45, 7) is 4.83. The van der Waals surface area contributed by atoms with Crippen molar-refractivity contribution in [3.63, 3.8) is 0 Å². The number of rotatable bonds is 3. The molecule has 0 bridgehead atoms. The third-order valence-corrected chi connectivity index (χ3v) is 3.09. The van der Waals surface area contributed by atoms with E-state index in [2.05, 4.69) is 15.6 Å². The number of nitrogens with zero attached hydrogens (tertiary/aromatic N) is 3. The average Bonchev–Trinajstić information content (AvgIpc) is 2.75. The molecule has 0 saturated heterocycles. The molecular formula is C14H16N4O4. The molecule has 0 fully saturated rings. The van der Waals surface area contributed by atoms with Crippen LogP contribution in [0.1, 0.15) is 34.4 Å². The van der Waals surface area contributed by atoms with E-state index in [0.717, 1.165) is 5.69 Å². The first-order valence-electron chi connectivity index (χ1n) is 6.49. The normalized spacial score (nSPS) is 11.5. The van der Waals surface area contributed by atoms with Crippen molar-refractivity contribution >= 4 is 11.6 Å². The second-order valence-corrected chi connectivity index (χ2v) is 4.84. The number of hydrogen-bond donors (Lipinski definition) is 2. The van der Waals surface area contributed by atoms with Gasteiger partial charge in [0.1, 0.15) is 17.1 Å². The van der Waals surface area contributed by atoms with Gasteiger partial charge in [-0.2, -0.15) is 10.2 Å². The van der Waals surface area contributed by atoms with Crippen LogP contribution in [0, 0.1) is 13.8 Å². The van der Waals surface area contributed by atoms with E-state index in [1.54, 1.807) is 24.7 Å². The average molecular weight is 304 g/mol. The van der Waals surface area contributed by atoms with Crippen LogP contribution in [0.2, 0.25) is 0 Å². The maximum Gasteiger partial charge on any atom is 0.348 e. The van der Waals surface area contributed by atoms with Gasteiger partial charge < -0.3 is 9.52 Å². The van der Waals surface area contributed by atoms with Gasteiger partial charge in [-0.1, -0.05) is 0 Å². The van der Waals surface area contributed by atoms with Crippen LogP contribution in [0.3, 0.4) is 0 Å². The molecule has 0 spiro atoms. The van der Waals surface area contributed by atoms with Gasteiger partial charge in [0.25, 0.3) is 5.91 Å². The van der Waals surface area contributed by atoms with Crippen LogP contribution in [0.5, 0.6) is 5.75 Å². The molecule has 0 radical (unpaired) electrons. The second kappa shape index (κ2) is 5.84. The van der Waals surface area contributed by atoms with Gasteiger partial charge >= 0.3 is 5.63 Å². The van der Waals surface area contributed by atoms with Gasteiger partial charge in [0.2, 0.25) is 0 Å². The van der Waals surface area contributed by atoms with E-state index >= 15 is 0 Å². The Morgan fingerprint density at radius 1 is 1.41 bits per heavy atom. The van der Waals surface area contributed by atoms with Crippen LogP contribution >= 0.6 is 0 Å². The number of aromatic nitrogens is 2. The first kappa shape index (κ1) is 15.5. The van der Waals surface area contributed by atoms with E-state index < -0.39 is 11.5 Å². The van der Waals surface area contributed by atoms with Crippen molar-refractivity contribution in [1.29, 1.82) is 0 Å². The van der Waals surface area contributed by atoms with Crippen molar-refractivity contribution in [2.75, 3.05) is 0 Å². The van der Waals surface area contributed by atoms with E-state index in [0.29, 0.717) is 0 Å². The molecule has 2 heterocycles. The van der Waals surface area contributed by atoms with Crippen molar-refractivity contribution in [2.45, 2.75) is 20.8 Å². The molecule has 2 N–H and O–H groups in total. The molecular weight excluding hydrogens is 288 g/mol. The minimum absolute atomic E-state index is 0.0944. The summed E-state index contributed by atoms with van der Waals surface area (Å²) < 4.78 is 6.46. The molecule has 0 aliphatic carbocycles. The SMILES string of the molecule is CC(=NNC(=O)c1cc(C)n(C)n1)c1c(O)cc(C)oc1=O. The molecule has 116 valence electrons. The van der Waals surface area contributed by atoms with Gasteiger partial charge in [0.05, 0.1) is 5.71 Å². The molecule has 2 aromatic heterocycles. The Bertz CT molecular complexity index is 797. The highest BCUT2D eigenvalue weighted by molar-refractivity contribution is 6.01. The van der Waals surface area contributed by atoms with Crippen LogP contribution in [-0.4, -0.2) is 26.5 Å². The summed E-state index contributed by atoms with van der Waals surface area (Å²) in [6.07, 6.45) is 0. The van der Waals surface area contributed by atoms with Gasteiger partial charge in [-0.25, -0.2) is 10.2 Å². The Kier molecular flexibility index (Phi) is 4.11. The summed E-state index contributed by atoms with van der Waals surface area (Å²) >= 11 is 0. The van der Waals surface area contributed by atoms with Gasteiger partial charge in [0.15, 0.2) is 5.69 Å².